The molecule has 0 aliphatic heterocycles. The van der Waals surface area contributed by atoms with Crippen molar-refractivity contribution in [3.05, 3.63) is 59.1 Å². The molecule has 6 heteroatoms. The molecule has 0 aliphatic carbocycles. The average molecular weight is 375 g/mol. The largest absolute Gasteiger partial charge is 0.495 e. The summed E-state index contributed by atoms with van der Waals surface area (Å²) in [6.07, 6.45) is 0.228. The molecule has 0 unspecified atom stereocenters. The number of anilines is 1. The van der Waals surface area contributed by atoms with Crippen molar-refractivity contribution in [1.82, 2.24) is 5.32 Å². The summed E-state index contributed by atoms with van der Waals surface area (Å²) in [5, 5.41) is 6.01. The van der Waals surface area contributed by atoms with Crippen LogP contribution in [0.4, 0.5) is 5.69 Å². The van der Waals surface area contributed by atoms with Crippen molar-refractivity contribution in [2.24, 2.45) is 5.92 Å². The molecule has 0 saturated carbocycles. The van der Waals surface area contributed by atoms with Gasteiger partial charge in [0.05, 0.1) is 18.6 Å². The van der Waals surface area contributed by atoms with Crippen molar-refractivity contribution in [2.75, 3.05) is 12.4 Å². The highest BCUT2D eigenvalue weighted by Crippen LogP contribution is 2.27. The van der Waals surface area contributed by atoms with E-state index in [0.717, 1.165) is 5.56 Å². The van der Waals surface area contributed by atoms with E-state index in [1.54, 1.807) is 18.2 Å². The number of nitrogens with one attached hydrogen (secondary N) is 2. The van der Waals surface area contributed by atoms with E-state index in [2.05, 4.69) is 10.6 Å². The summed E-state index contributed by atoms with van der Waals surface area (Å²) in [6.45, 7) is 3.77. The molecule has 5 nitrogen and oxygen atoms in total. The third kappa shape index (κ3) is 5.49. The minimum absolute atomic E-state index is 0.0663. The first kappa shape index (κ1) is 19.8. The Morgan fingerprint density at radius 3 is 2.38 bits per heavy atom. The van der Waals surface area contributed by atoms with Crippen LogP contribution in [-0.2, 0) is 16.0 Å². The summed E-state index contributed by atoms with van der Waals surface area (Å²) in [4.78, 5) is 24.9. The molecule has 0 saturated heterocycles. The van der Waals surface area contributed by atoms with Gasteiger partial charge in [0, 0.05) is 5.69 Å². The molecule has 2 amide bonds. The van der Waals surface area contributed by atoms with Gasteiger partial charge in [-0.2, -0.15) is 0 Å². The summed E-state index contributed by atoms with van der Waals surface area (Å²) < 4.78 is 5.10. The lowest BCUT2D eigenvalue weighted by atomic mass is 10.0. The zero-order chi connectivity index (χ0) is 19.1. The Morgan fingerprint density at radius 1 is 1.12 bits per heavy atom. The molecule has 0 fully saturated rings. The van der Waals surface area contributed by atoms with E-state index < -0.39 is 6.04 Å². The fourth-order valence-corrected chi connectivity index (χ4v) is 2.76. The molecule has 2 rings (SSSR count). The molecule has 1 atom stereocenters. The van der Waals surface area contributed by atoms with Crippen LogP contribution in [0.5, 0.6) is 5.75 Å². The second kappa shape index (κ2) is 9.25. The maximum Gasteiger partial charge on any atom is 0.247 e. The lowest BCUT2D eigenvalue weighted by Crippen LogP contribution is -2.47. The Balaban J connectivity index is 2.02. The fourth-order valence-electron chi connectivity index (χ4n) is 2.50. The van der Waals surface area contributed by atoms with E-state index >= 15 is 0 Å². The second-order valence-electron chi connectivity index (χ2n) is 6.29. The maximum atomic E-state index is 12.6. The molecule has 138 valence electrons. The minimum Gasteiger partial charge on any atom is -0.495 e. The van der Waals surface area contributed by atoms with Gasteiger partial charge >= 0.3 is 0 Å². The number of benzene rings is 2. The number of carbonyl (C=O) groups is 2. The highest BCUT2D eigenvalue weighted by molar-refractivity contribution is 6.32. The molecule has 2 aromatic rings. The van der Waals surface area contributed by atoms with Gasteiger partial charge in [-0.25, -0.2) is 0 Å². The first-order valence-electron chi connectivity index (χ1n) is 8.38. The SMILES string of the molecule is COc1ccc(NC(=O)[C@H](NC(=O)Cc2ccccc2)C(C)C)cc1Cl. The molecule has 2 N–H and O–H groups in total. The monoisotopic (exact) mass is 374 g/mol. The van der Waals surface area contributed by atoms with E-state index in [4.69, 9.17) is 16.3 Å². The van der Waals surface area contributed by atoms with E-state index in [-0.39, 0.29) is 24.2 Å². The highest BCUT2D eigenvalue weighted by atomic mass is 35.5. The van der Waals surface area contributed by atoms with Gasteiger partial charge in [-0.15, -0.1) is 0 Å². The molecule has 0 spiro atoms. The Kier molecular flexibility index (Phi) is 7.04. The van der Waals surface area contributed by atoms with Gasteiger partial charge in [0.15, 0.2) is 0 Å². The Hall–Kier alpha value is -2.53. The van der Waals surface area contributed by atoms with E-state index in [0.29, 0.717) is 16.5 Å². The van der Waals surface area contributed by atoms with Crippen LogP contribution in [0.2, 0.25) is 5.02 Å². The van der Waals surface area contributed by atoms with Crippen LogP contribution in [0, 0.1) is 5.92 Å². The smallest absolute Gasteiger partial charge is 0.247 e. The van der Waals surface area contributed by atoms with Crippen LogP contribution in [0.1, 0.15) is 19.4 Å². The van der Waals surface area contributed by atoms with Crippen molar-refractivity contribution >= 4 is 29.1 Å². The lowest BCUT2D eigenvalue weighted by Gasteiger charge is -2.22. The number of hydrogen-bond acceptors (Lipinski definition) is 3. The van der Waals surface area contributed by atoms with Crippen molar-refractivity contribution in [2.45, 2.75) is 26.3 Å². The van der Waals surface area contributed by atoms with Crippen molar-refractivity contribution in [3.63, 3.8) is 0 Å². The first-order chi connectivity index (χ1) is 12.4. The van der Waals surface area contributed by atoms with Gasteiger partial charge in [-0.1, -0.05) is 55.8 Å². The van der Waals surface area contributed by atoms with Crippen LogP contribution in [-0.4, -0.2) is 25.0 Å². The molecule has 2 aromatic carbocycles. The molecule has 0 radical (unpaired) electrons. The van der Waals surface area contributed by atoms with Gasteiger partial charge in [0.25, 0.3) is 0 Å². The predicted octanol–water partition coefficient (Wildman–Crippen LogP) is 3.67. The number of hydrogen-bond donors (Lipinski definition) is 2. The standard InChI is InChI=1S/C20H23ClN2O3/c1-13(2)19(23-18(24)11-14-7-5-4-6-8-14)20(25)22-15-9-10-17(26-3)16(21)12-15/h4-10,12-13,19H,11H2,1-3H3,(H,22,25)(H,23,24)/t19-/m1/s1. The summed E-state index contributed by atoms with van der Waals surface area (Å²) in [6, 6.07) is 13.8. The van der Waals surface area contributed by atoms with Crippen LogP contribution < -0.4 is 15.4 Å². The van der Waals surface area contributed by atoms with E-state index in [9.17, 15) is 9.59 Å². The number of ether oxygens (including phenoxy) is 1. The maximum absolute atomic E-state index is 12.6. The van der Waals surface area contributed by atoms with Crippen LogP contribution in [0.3, 0.4) is 0 Å². The van der Waals surface area contributed by atoms with Gasteiger partial charge < -0.3 is 15.4 Å². The molecule has 0 aliphatic rings. The normalized spacial score (nSPS) is 11.7. The number of amides is 2. The Labute approximate surface area is 158 Å². The molecule has 0 heterocycles. The topological polar surface area (TPSA) is 67.4 Å². The van der Waals surface area contributed by atoms with E-state index in [1.807, 2.05) is 44.2 Å². The second-order valence-corrected chi connectivity index (χ2v) is 6.70. The average Bonchev–Trinajstić information content (AvgIpc) is 2.60. The predicted molar refractivity (Wildman–Crippen MR) is 104 cm³/mol. The third-order valence-electron chi connectivity index (χ3n) is 3.89. The van der Waals surface area contributed by atoms with Crippen LogP contribution >= 0.6 is 11.6 Å². The Bertz CT molecular complexity index is 763. The molecule has 0 aromatic heterocycles. The van der Waals surface area contributed by atoms with Crippen molar-refractivity contribution in [3.8, 4) is 5.75 Å². The number of rotatable bonds is 7. The number of halogens is 1. The summed E-state index contributed by atoms with van der Waals surface area (Å²) >= 11 is 6.08. The van der Waals surface area contributed by atoms with Gasteiger partial charge in [-0.3, -0.25) is 9.59 Å². The summed E-state index contributed by atoms with van der Waals surface area (Å²) in [5.41, 5.74) is 1.44. The minimum atomic E-state index is -0.646. The fraction of sp³-hybridized carbons (Fsp3) is 0.300. The van der Waals surface area contributed by atoms with Gasteiger partial charge in [-0.05, 0) is 29.7 Å². The van der Waals surface area contributed by atoms with Crippen LogP contribution in [0.15, 0.2) is 48.5 Å². The molecular formula is C20H23ClN2O3. The third-order valence-corrected chi connectivity index (χ3v) is 4.19. The van der Waals surface area contributed by atoms with Crippen LogP contribution in [0.25, 0.3) is 0 Å². The summed E-state index contributed by atoms with van der Waals surface area (Å²) in [5.74, 6) is -0.0230. The molecular weight excluding hydrogens is 352 g/mol. The first-order valence-corrected chi connectivity index (χ1v) is 8.76. The van der Waals surface area contributed by atoms with E-state index in [1.165, 1.54) is 7.11 Å². The summed E-state index contributed by atoms with van der Waals surface area (Å²) in [7, 11) is 1.52. The zero-order valence-corrected chi connectivity index (χ0v) is 15.8. The quantitative estimate of drug-likeness (QED) is 0.777. The van der Waals surface area contributed by atoms with Crippen molar-refractivity contribution < 1.29 is 14.3 Å². The number of methoxy groups -OCH3 is 1. The molecule has 0 bridgehead atoms. The van der Waals surface area contributed by atoms with Gasteiger partial charge in [0.1, 0.15) is 11.8 Å². The molecule has 26 heavy (non-hydrogen) atoms. The zero-order valence-electron chi connectivity index (χ0n) is 15.1. The Morgan fingerprint density at radius 2 is 1.81 bits per heavy atom. The lowest BCUT2D eigenvalue weighted by molar-refractivity contribution is -0.127. The van der Waals surface area contributed by atoms with Gasteiger partial charge in [0.2, 0.25) is 11.8 Å². The number of carbonyl (C=O) groups excluding carboxylic acids is 2. The highest BCUT2D eigenvalue weighted by Gasteiger charge is 2.24. The van der Waals surface area contributed by atoms with Crippen molar-refractivity contribution in [1.29, 1.82) is 0 Å².